The van der Waals surface area contributed by atoms with Crippen LogP contribution in [0.1, 0.15) is 63.4 Å². The Hall–Kier alpha value is -1.82. The molecule has 160 valence electrons. The number of anilines is 1. The predicted octanol–water partition coefficient (Wildman–Crippen LogP) is 3.14. The maximum Gasteiger partial charge on any atom is 0.191 e. The van der Waals surface area contributed by atoms with Crippen LogP contribution in [-0.4, -0.2) is 61.2 Å². The van der Waals surface area contributed by atoms with Crippen molar-refractivity contribution in [2.45, 2.75) is 82.5 Å². The van der Waals surface area contributed by atoms with Crippen molar-refractivity contribution in [3.8, 4) is 0 Å². The molecule has 4 rings (SSSR count). The highest BCUT2D eigenvalue weighted by Gasteiger charge is 2.36. The van der Waals surface area contributed by atoms with E-state index in [2.05, 4.69) is 49.6 Å². The topological polar surface area (TPSA) is 55.8 Å². The van der Waals surface area contributed by atoms with Gasteiger partial charge in [-0.25, -0.2) is 4.98 Å². The van der Waals surface area contributed by atoms with Crippen molar-refractivity contribution < 1.29 is 0 Å². The number of nitrogens with zero attached hydrogens (tertiary/aromatic N) is 4. The molecule has 0 amide bonds. The standard InChI is InChI=1S/C23H38N6/c1-24-23(27-19-15-20-8-7-9-21(16-19)28(20)2)26-17-18-10-11-25-22(14-18)29-12-5-3-4-6-13-29/h10-11,14,19-21H,3-9,12-13,15-17H2,1-2H3,(H2,24,26,27). The van der Waals surface area contributed by atoms with E-state index in [1.54, 1.807) is 0 Å². The summed E-state index contributed by atoms with van der Waals surface area (Å²) in [7, 11) is 4.18. The predicted molar refractivity (Wildman–Crippen MR) is 120 cm³/mol. The Bertz CT molecular complexity index is 668. The number of fused-ring (bicyclic) bond motifs is 2. The fourth-order valence-corrected chi connectivity index (χ4v) is 5.35. The van der Waals surface area contributed by atoms with Gasteiger partial charge >= 0.3 is 0 Å². The molecule has 2 atom stereocenters. The third-order valence-corrected chi connectivity index (χ3v) is 7.10. The summed E-state index contributed by atoms with van der Waals surface area (Å²) in [5, 5.41) is 7.23. The lowest BCUT2D eigenvalue weighted by molar-refractivity contribution is 0.0526. The molecule has 3 fully saturated rings. The van der Waals surface area contributed by atoms with Gasteiger partial charge in [0, 0.05) is 51.0 Å². The molecule has 0 aromatic carbocycles. The van der Waals surface area contributed by atoms with E-state index in [0.717, 1.165) is 43.5 Å². The molecule has 2 N–H and O–H groups in total. The van der Waals surface area contributed by atoms with Crippen LogP contribution in [-0.2, 0) is 6.54 Å². The number of hydrogen-bond donors (Lipinski definition) is 2. The smallest absolute Gasteiger partial charge is 0.191 e. The Morgan fingerprint density at radius 3 is 2.52 bits per heavy atom. The van der Waals surface area contributed by atoms with Crippen LogP contribution in [0.15, 0.2) is 23.3 Å². The highest BCUT2D eigenvalue weighted by atomic mass is 15.2. The number of rotatable bonds is 4. The van der Waals surface area contributed by atoms with E-state index in [9.17, 15) is 0 Å². The summed E-state index contributed by atoms with van der Waals surface area (Å²) < 4.78 is 0. The summed E-state index contributed by atoms with van der Waals surface area (Å²) in [6, 6.07) is 6.34. The number of pyridine rings is 1. The van der Waals surface area contributed by atoms with Crippen molar-refractivity contribution in [3.63, 3.8) is 0 Å². The molecule has 6 nitrogen and oxygen atoms in total. The molecule has 1 aromatic rings. The summed E-state index contributed by atoms with van der Waals surface area (Å²) in [6.45, 7) is 3.04. The summed E-state index contributed by atoms with van der Waals surface area (Å²) in [4.78, 5) is 14.2. The van der Waals surface area contributed by atoms with E-state index in [4.69, 9.17) is 0 Å². The zero-order valence-corrected chi connectivity index (χ0v) is 18.2. The van der Waals surface area contributed by atoms with Gasteiger partial charge in [-0.15, -0.1) is 0 Å². The van der Waals surface area contributed by atoms with Crippen LogP contribution >= 0.6 is 0 Å². The molecule has 3 aliphatic rings. The summed E-state index contributed by atoms with van der Waals surface area (Å²) in [5.41, 5.74) is 1.27. The largest absolute Gasteiger partial charge is 0.357 e. The molecule has 1 aromatic heterocycles. The fourth-order valence-electron chi connectivity index (χ4n) is 5.35. The van der Waals surface area contributed by atoms with Crippen molar-refractivity contribution in [1.82, 2.24) is 20.5 Å². The minimum Gasteiger partial charge on any atom is -0.357 e. The number of aliphatic imine (C=N–C) groups is 1. The van der Waals surface area contributed by atoms with Crippen LogP contribution in [0.4, 0.5) is 5.82 Å². The Morgan fingerprint density at radius 2 is 1.83 bits per heavy atom. The van der Waals surface area contributed by atoms with Crippen molar-refractivity contribution in [2.75, 3.05) is 32.1 Å². The van der Waals surface area contributed by atoms with Gasteiger partial charge in [0.25, 0.3) is 0 Å². The number of aromatic nitrogens is 1. The number of nitrogens with one attached hydrogen (secondary N) is 2. The lowest BCUT2D eigenvalue weighted by Crippen LogP contribution is -2.56. The van der Waals surface area contributed by atoms with E-state index in [-0.39, 0.29) is 0 Å². The quantitative estimate of drug-likeness (QED) is 0.603. The maximum absolute atomic E-state index is 4.63. The average molecular weight is 399 g/mol. The molecule has 6 heteroatoms. The van der Waals surface area contributed by atoms with E-state index in [1.807, 2.05) is 13.2 Å². The second-order valence-corrected chi connectivity index (χ2v) is 9.07. The Morgan fingerprint density at radius 1 is 1.10 bits per heavy atom. The van der Waals surface area contributed by atoms with Crippen molar-refractivity contribution in [1.29, 1.82) is 0 Å². The first-order valence-electron chi connectivity index (χ1n) is 11.6. The zero-order chi connectivity index (χ0) is 20.1. The molecule has 0 radical (unpaired) electrons. The first-order valence-corrected chi connectivity index (χ1v) is 11.6. The summed E-state index contributed by atoms with van der Waals surface area (Å²) >= 11 is 0. The van der Waals surface area contributed by atoms with Gasteiger partial charge in [0.1, 0.15) is 5.82 Å². The molecule has 3 saturated heterocycles. The fraction of sp³-hybridized carbons (Fsp3) is 0.739. The normalized spacial score (nSPS) is 28.7. The van der Waals surface area contributed by atoms with Gasteiger partial charge < -0.3 is 20.4 Å². The molecule has 4 heterocycles. The highest BCUT2D eigenvalue weighted by Crippen LogP contribution is 2.32. The van der Waals surface area contributed by atoms with E-state index >= 15 is 0 Å². The molecule has 3 aliphatic heterocycles. The zero-order valence-electron chi connectivity index (χ0n) is 18.2. The van der Waals surface area contributed by atoms with Gasteiger partial charge in [-0.1, -0.05) is 19.3 Å². The minimum atomic E-state index is 0.526. The number of hydrogen-bond acceptors (Lipinski definition) is 4. The van der Waals surface area contributed by atoms with E-state index < -0.39 is 0 Å². The van der Waals surface area contributed by atoms with E-state index in [1.165, 1.54) is 63.4 Å². The third-order valence-electron chi connectivity index (χ3n) is 7.10. The molecule has 0 spiro atoms. The lowest BCUT2D eigenvalue weighted by Gasteiger charge is -2.47. The Labute approximate surface area is 176 Å². The van der Waals surface area contributed by atoms with Gasteiger partial charge in [0.05, 0.1) is 0 Å². The molecule has 0 aliphatic carbocycles. The lowest BCUT2D eigenvalue weighted by atomic mass is 9.82. The molecule has 2 bridgehead atoms. The average Bonchev–Trinajstić information content (AvgIpc) is 3.01. The van der Waals surface area contributed by atoms with Crippen LogP contribution in [0.2, 0.25) is 0 Å². The number of piperidine rings is 2. The SMILES string of the molecule is CN=C(NCc1ccnc(N2CCCCCC2)c1)NC1CC2CCCC(C1)N2C. The van der Waals surface area contributed by atoms with Gasteiger partial charge in [-0.3, -0.25) is 4.99 Å². The van der Waals surface area contributed by atoms with Crippen molar-refractivity contribution in [3.05, 3.63) is 23.9 Å². The minimum absolute atomic E-state index is 0.526. The van der Waals surface area contributed by atoms with Crippen LogP contribution in [0, 0.1) is 0 Å². The van der Waals surface area contributed by atoms with Crippen molar-refractivity contribution >= 4 is 11.8 Å². The number of guanidine groups is 1. The first-order chi connectivity index (χ1) is 14.2. The van der Waals surface area contributed by atoms with Crippen LogP contribution < -0.4 is 15.5 Å². The second kappa shape index (κ2) is 9.79. The Kier molecular flexibility index (Phi) is 6.90. The van der Waals surface area contributed by atoms with Crippen LogP contribution in [0.25, 0.3) is 0 Å². The molecular weight excluding hydrogens is 360 g/mol. The Balaban J connectivity index is 1.31. The molecule has 2 unspecified atom stereocenters. The van der Waals surface area contributed by atoms with Crippen LogP contribution in [0.5, 0.6) is 0 Å². The van der Waals surface area contributed by atoms with Gasteiger partial charge in [0.15, 0.2) is 5.96 Å². The summed E-state index contributed by atoms with van der Waals surface area (Å²) in [5.74, 6) is 2.04. The van der Waals surface area contributed by atoms with Gasteiger partial charge in [-0.2, -0.15) is 0 Å². The maximum atomic E-state index is 4.63. The van der Waals surface area contributed by atoms with E-state index in [0.29, 0.717) is 6.04 Å². The monoisotopic (exact) mass is 398 g/mol. The summed E-state index contributed by atoms with van der Waals surface area (Å²) in [6.07, 6.45) is 13.7. The molecular formula is C23H38N6. The van der Waals surface area contributed by atoms with Gasteiger partial charge in [0.2, 0.25) is 0 Å². The molecule has 29 heavy (non-hydrogen) atoms. The first kappa shape index (κ1) is 20.5. The third kappa shape index (κ3) is 5.21. The van der Waals surface area contributed by atoms with Crippen molar-refractivity contribution in [2.24, 2.45) is 4.99 Å². The van der Waals surface area contributed by atoms with Crippen LogP contribution in [0.3, 0.4) is 0 Å². The molecule has 0 saturated carbocycles. The highest BCUT2D eigenvalue weighted by molar-refractivity contribution is 5.80. The van der Waals surface area contributed by atoms with Gasteiger partial charge in [-0.05, 0) is 63.3 Å². The second-order valence-electron chi connectivity index (χ2n) is 9.07.